The summed E-state index contributed by atoms with van der Waals surface area (Å²) in [6.45, 7) is 72.6. The van der Waals surface area contributed by atoms with Crippen LogP contribution in [0.4, 0.5) is 0 Å². The van der Waals surface area contributed by atoms with E-state index in [0.29, 0.717) is 29.8 Å². The number of hydrogen-bond donors (Lipinski definition) is 13. The van der Waals surface area contributed by atoms with Gasteiger partial charge in [-0.05, 0) is 195 Å². The summed E-state index contributed by atoms with van der Waals surface area (Å²) in [5.74, 6) is 7.42. The molecule has 2 saturated heterocycles. The van der Waals surface area contributed by atoms with E-state index in [-0.39, 0.29) is 58.2 Å². The van der Waals surface area contributed by atoms with Gasteiger partial charge in [0.05, 0.1) is 11.7 Å². The van der Waals surface area contributed by atoms with Crippen molar-refractivity contribution in [3.63, 3.8) is 0 Å². The fourth-order valence-electron chi connectivity index (χ4n) is 7.64. The molecule has 0 aromatic heterocycles. The van der Waals surface area contributed by atoms with E-state index < -0.39 is 0 Å². The molecule has 0 saturated carbocycles. The maximum Gasteiger partial charge on any atom is 0.225 e. The first-order valence-corrected chi connectivity index (χ1v) is 42.4. The highest BCUT2D eigenvalue weighted by Gasteiger charge is 2.27. The Hall–Kier alpha value is -4.84. The molecule has 10 atom stereocenters. The zero-order valence-electron chi connectivity index (χ0n) is 78.0. The predicted octanol–water partition coefficient (Wildman–Crippen LogP) is 14.9. The van der Waals surface area contributed by atoms with Gasteiger partial charge in [-0.1, -0.05) is 218 Å². The van der Waals surface area contributed by atoms with Gasteiger partial charge in [0.2, 0.25) is 23.6 Å². The topological polar surface area (TPSA) is 370 Å². The van der Waals surface area contributed by atoms with Crippen molar-refractivity contribution in [2.45, 2.75) is 328 Å². The van der Waals surface area contributed by atoms with Crippen molar-refractivity contribution in [3.05, 3.63) is 0 Å². The minimum Gasteiger partial charge on any atom is -0.388 e. The number of guanidine groups is 2. The third-order valence-electron chi connectivity index (χ3n) is 19.0. The highest BCUT2D eigenvalue weighted by Crippen LogP contribution is 2.22. The molecule has 23 nitrogen and oxygen atoms in total. The fourth-order valence-corrected chi connectivity index (χ4v) is 7.64. The van der Waals surface area contributed by atoms with E-state index in [1.807, 2.05) is 125 Å². The van der Waals surface area contributed by atoms with Gasteiger partial charge in [0.25, 0.3) is 0 Å². The molecular formula is C85H193N19O4. The Kier molecular flexibility index (Phi) is 97.2. The number of hydrogen-bond acceptors (Lipinski definition) is 13. The van der Waals surface area contributed by atoms with E-state index in [1.165, 1.54) is 38.8 Å². The van der Waals surface area contributed by atoms with Crippen molar-refractivity contribution >= 4 is 47.2 Å². The lowest BCUT2D eigenvalue weighted by Crippen LogP contribution is -2.37. The predicted molar refractivity (Wildman–Crippen MR) is 479 cm³/mol. The van der Waals surface area contributed by atoms with Crippen molar-refractivity contribution in [2.24, 2.45) is 103 Å². The van der Waals surface area contributed by atoms with E-state index in [0.717, 1.165) is 191 Å². The number of amidine groups is 2. The largest absolute Gasteiger partial charge is 0.388 e. The molecule has 0 bridgehead atoms. The van der Waals surface area contributed by atoms with Gasteiger partial charge in [-0.15, -0.1) is 0 Å². The van der Waals surface area contributed by atoms with Gasteiger partial charge >= 0.3 is 0 Å². The van der Waals surface area contributed by atoms with Gasteiger partial charge in [-0.3, -0.25) is 40.0 Å². The lowest BCUT2D eigenvalue weighted by atomic mass is 9.89. The van der Waals surface area contributed by atoms with Crippen LogP contribution >= 0.6 is 0 Å². The number of rotatable bonds is 34. The molecule has 2 fully saturated rings. The lowest BCUT2D eigenvalue weighted by molar-refractivity contribution is -0.130. The van der Waals surface area contributed by atoms with Crippen LogP contribution in [-0.4, -0.2) is 199 Å². The van der Waals surface area contributed by atoms with Gasteiger partial charge in [0.1, 0.15) is 0 Å². The number of likely N-dealkylation sites (tertiary alicyclic amines) is 1. The van der Waals surface area contributed by atoms with Crippen LogP contribution < -0.4 is 61.0 Å². The molecule has 0 aromatic rings. The van der Waals surface area contributed by atoms with Crippen LogP contribution in [0.5, 0.6) is 0 Å². The van der Waals surface area contributed by atoms with Gasteiger partial charge in [-0.25, -0.2) is 0 Å². The quantitative estimate of drug-likeness (QED) is 0.0162. The fraction of sp³-hybridized carbons (Fsp3) is 0.906. The first kappa shape index (κ1) is 124. The van der Waals surface area contributed by atoms with Gasteiger partial charge in [0, 0.05) is 94.2 Å². The molecule has 4 amide bonds. The maximum absolute atomic E-state index is 11.6. The number of aliphatic imine (C=N–C) groups is 2. The molecule has 19 N–H and O–H groups in total. The van der Waals surface area contributed by atoms with Crippen molar-refractivity contribution < 1.29 is 19.2 Å². The van der Waals surface area contributed by atoms with E-state index in [9.17, 15) is 19.2 Å². The van der Waals surface area contributed by atoms with Crippen molar-refractivity contribution in [1.29, 1.82) is 10.8 Å². The van der Waals surface area contributed by atoms with Crippen LogP contribution in [0.15, 0.2) is 9.98 Å². The summed E-state index contributed by atoms with van der Waals surface area (Å²) in [5.41, 5.74) is 30.8. The number of nitrogens with zero attached hydrogens (tertiary/aromatic N) is 6. The number of unbranched alkanes of at least 4 members (excludes halogenated alkanes) is 4. The van der Waals surface area contributed by atoms with Crippen LogP contribution in [0.1, 0.15) is 316 Å². The third kappa shape index (κ3) is 95.4. The summed E-state index contributed by atoms with van der Waals surface area (Å²) in [6, 6.07) is 0.773. The minimum atomic E-state index is -0.224. The van der Waals surface area contributed by atoms with Gasteiger partial charge < -0.3 is 80.6 Å². The van der Waals surface area contributed by atoms with Crippen molar-refractivity contribution in [2.75, 3.05) is 120 Å². The number of nitrogens with two attached hydrogens (primary N) is 6. The van der Waals surface area contributed by atoms with Crippen LogP contribution in [-0.2, 0) is 19.2 Å². The first-order valence-electron chi connectivity index (χ1n) is 42.4. The van der Waals surface area contributed by atoms with Crippen molar-refractivity contribution in [1.82, 2.24) is 46.2 Å². The molecule has 0 aliphatic carbocycles. The molecule has 23 heteroatoms. The Balaban J connectivity index is -0.000000123. The van der Waals surface area contributed by atoms with Crippen LogP contribution in [0.2, 0.25) is 0 Å². The molecule has 108 heavy (non-hydrogen) atoms. The van der Waals surface area contributed by atoms with Gasteiger partial charge in [0.15, 0.2) is 11.9 Å². The van der Waals surface area contributed by atoms with Gasteiger partial charge in [-0.2, -0.15) is 0 Å². The summed E-state index contributed by atoms with van der Waals surface area (Å²) < 4.78 is 0. The minimum absolute atomic E-state index is 0.145. The lowest BCUT2D eigenvalue weighted by Gasteiger charge is -2.21. The summed E-state index contributed by atoms with van der Waals surface area (Å²) >= 11 is 0. The maximum atomic E-state index is 11.6. The van der Waals surface area contributed by atoms with Crippen LogP contribution in [0.25, 0.3) is 0 Å². The Morgan fingerprint density at radius 2 is 0.861 bits per heavy atom. The van der Waals surface area contributed by atoms with Crippen LogP contribution in [0, 0.1) is 69.0 Å². The molecule has 2 aliphatic heterocycles. The molecule has 2 heterocycles. The van der Waals surface area contributed by atoms with Crippen molar-refractivity contribution in [3.8, 4) is 0 Å². The Bertz CT molecular complexity index is 2040. The zero-order chi connectivity index (χ0) is 86.6. The molecule has 0 radical (unpaired) electrons. The highest BCUT2D eigenvalue weighted by atomic mass is 16.2. The Labute approximate surface area is 671 Å². The van der Waals surface area contributed by atoms with E-state index in [2.05, 4.69) is 162 Å². The zero-order valence-corrected chi connectivity index (χ0v) is 78.0. The molecule has 0 spiro atoms. The standard InChI is InChI=1S/C11H24N2O.C10H22N2O.C10H21NO.C9H19NO.C8H16N2.C6H15N3.C6H14N2.C6H13N.C5H13N3.C5H13N.C5H12.C4H11N/c1-6-11(2,3)10(14)12-8-7-9-13(4)5;1-5-9(2)10(13)11-7-6-8-12(3)4;1-5-7-8-11-9(12)10(3,4)6-2;1-4-6-7-10-9(11)8(3)5-2;1-6-4-10(8(3)9)5-7(6)2;1-3-5(2)4-9-6(7)8;1-4-5(2)8-6(3)7;1-5-3-7-4-6(5)2;1-3-4-8(2)5(6)7;1-3-5(2)4-6;1-3-5-4-2;1-3-4(2)5/h6-9H2,1-5H3,(H,12,14);9H,5-8H2,1-4H3,(H,11,13);5-8H2,1-4H3,(H,11,12);8H,4-7H2,1-3H3,(H,10,11);6-7,9H,4-5H2,1-3H3;5H,3-4H2,1-2H3,(H4,7,8,9);5H,4H2,1-3H3,(H2,7,8);5-7H,3-4H2,1-2H3;3-4H2,1-2H3,(H3,6,7);5H,3-4,6H2,1-2H3;3-5H2,1-2H3;4H,3,5H2,1-2H3. The molecule has 2 rings (SSSR count). The average Bonchev–Trinajstić information content (AvgIpc) is 1.73. The smallest absolute Gasteiger partial charge is 0.225 e. The summed E-state index contributed by atoms with van der Waals surface area (Å²) in [5, 5.41) is 29.3. The molecule has 652 valence electrons. The monoisotopic (exact) mass is 1540 g/mol. The SMILES string of the molecule is CC(=N)N1CC(C)C(C)C1.CC1CNCC1C.CCC(C)(C)C(=O)NCCCN(C)C.CCC(C)C(=O)NCCCN(C)C.CCC(C)CN.CCC(C)CN=C(N)N.CCC(C)N.CCC(C)N=C(C)N.CCCCC.CCCCNC(=O)C(C)(C)CC.CCCCNC(=O)C(C)CC.CCCN(C)C(=N)N. The third-order valence-corrected chi connectivity index (χ3v) is 19.0. The van der Waals surface area contributed by atoms with E-state index in [1.54, 1.807) is 4.90 Å². The summed E-state index contributed by atoms with van der Waals surface area (Å²) in [7, 11) is 9.97. The second-order valence-corrected chi connectivity index (χ2v) is 31.9. The average molecular weight is 1550 g/mol. The summed E-state index contributed by atoms with van der Waals surface area (Å²) in [4.78, 5) is 61.6. The number of nitrogens with one attached hydrogen (secondary N) is 7. The first-order chi connectivity index (χ1) is 50.1. The normalized spacial score (nSPS) is 16.2. The Morgan fingerprint density at radius 1 is 0.509 bits per heavy atom. The Morgan fingerprint density at radius 3 is 1.06 bits per heavy atom. The van der Waals surface area contributed by atoms with E-state index >= 15 is 0 Å². The molecular weight excluding hydrogens is 1350 g/mol. The second-order valence-electron chi connectivity index (χ2n) is 31.9. The number of carbonyl (C=O) groups excluding carboxylic acids is 4. The molecule has 0 aromatic carbocycles. The molecule has 2 aliphatic rings. The number of carbonyl (C=O) groups is 4. The molecule has 10 unspecified atom stereocenters. The van der Waals surface area contributed by atoms with Crippen LogP contribution in [0.3, 0.4) is 0 Å². The van der Waals surface area contributed by atoms with E-state index in [4.69, 9.17) is 45.2 Å². The summed E-state index contributed by atoms with van der Waals surface area (Å²) in [6.07, 6.45) is 19.7. The second kappa shape index (κ2) is 84.6. The highest BCUT2D eigenvalue weighted by molar-refractivity contribution is 5.82. The number of amides is 4.